The van der Waals surface area contributed by atoms with Gasteiger partial charge in [0.1, 0.15) is 11.3 Å². The van der Waals surface area contributed by atoms with Crippen molar-refractivity contribution in [3.05, 3.63) is 88.2 Å². The van der Waals surface area contributed by atoms with Crippen LogP contribution in [0.2, 0.25) is 0 Å². The molecule has 3 aliphatic heterocycles. The van der Waals surface area contributed by atoms with Gasteiger partial charge in [-0.2, -0.15) is 0 Å². The number of hydrogen-bond donors (Lipinski definition) is 4. The Morgan fingerprint density at radius 2 is 1.41 bits per heavy atom. The number of carboxylic acid groups (broad SMARTS) is 2. The molecule has 9 nitrogen and oxygen atoms in total. The van der Waals surface area contributed by atoms with Gasteiger partial charge in [0, 0.05) is 6.21 Å². The summed E-state index contributed by atoms with van der Waals surface area (Å²) in [6.45, 7) is 0. The van der Waals surface area contributed by atoms with Crippen LogP contribution >= 0.6 is 12.2 Å². The SMILES string of the molecule is O=C(O)c1c(C=C2C=CC(C=C3C=CC(C=C4C=CC=N4)=N3)=N2)[nH]c(C(O)=S)c1C(=O)O. The zero-order chi connectivity index (χ0) is 22.8. The molecule has 0 radical (unpaired) electrons. The van der Waals surface area contributed by atoms with Gasteiger partial charge in [-0.05, 0) is 66.9 Å². The molecule has 1 aromatic heterocycles. The lowest BCUT2D eigenvalue weighted by molar-refractivity contribution is 0.0652. The number of aromatic carboxylic acids is 2. The minimum Gasteiger partial charge on any atom is -0.497 e. The summed E-state index contributed by atoms with van der Waals surface area (Å²) in [6.07, 6.45) is 17.4. The van der Waals surface area contributed by atoms with Crippen molar-refractivity contribution >= 4 is 52.9 Å². The Bertz CT molecular complexity index is 1330. The second-order valence-corrected chi connectivity index (χ2v) is 7.05. The summed E-state index contributed by atoms with van der Waals surface area (Å²) < 4.78 is 0. The molecule has 0 bridgehead atoms. The number of H-pyrrole nitrogens is 1. The molecule has 32 heavy (non-hydrogen) atoms. The summed E-state index contributed by atoms with van der Waals surface area (Å²) in [5.74, 6) is -3.00. The molecule has 3 aliphatic rings. The zero-order valence-electron chi connectivity index (χ0n) is 16.2. The first-order valence-electron chi connectivity index (χ1n) is 9.17. The van der Waals surface area contributed by atoms with E-state index in [9.17, 15) is 24.9 Å². The number of carbonyl (C=O) groups is 2. The highest BCUT2D eigenvalue weighted by Gasteiger charge is 2.28. The van der Waals surface area contributed by atoms with Crippen molar-refractivity contribution in [3.63, 3.8) is 0 Å². The molecule has 0 unspecified atom stereocenters. The van der Waals surface area contributed by atoms with Crippen molar-refractivity contribution in [1.82, 2.24) is 4.98 Å². The molecule has 0 aromatic carbocycles. The maximum absolute atomic E-state index is 11.7. The highest BCUT2D eigenvalue weighted by atomic mass is 32.1. The monoisotopic (exact) mass is 446 g/mol. The number of rotatable bonds is 6. The Hall–Kier alpha value is -4.44. The summed E-state index contributed by atoms with van der Waals surface area (Å²) in [6, 6.07) is 0. The van der Waals surface area contributed by atoms with Crippen molar-refractivity contribution in [1.29, 1.82) is 0 Å². The number of allylic oxidation sites excluding steroid dienone is 8. The molecule has 10 heteroatoms. The van der Waals surface area contributed by atoms with Gasteiger partial charge in [-0.25, -0.2) is 19.6 Å². The standard InChI is InChI=1S/C22H14N4O5S/c27-20(28)17-16(26-19(22(31)32)18(17)21(29)30)10-15-6-5-14(25-15)9-13-4-3-12(24-13)8-11-2-1-7-23-11/h1-10,26H,(H,27,28)(H,29,30)(H,31,32). The Kier molecular flexibility index (Phi) is 5.44. The molecule has 1 aromatic rings. The van der Waals surface area contributed by atoms with Gasteiger partial charge in [0.2, 0.25) is 5.05 Å². The average molecular weight is 446 g/mol. The summed E-state index contributed by atoms with van der Waals surface area (Å²) in [5.41, 5.74) is 1.67. The smallest absolute Gasteiger partial charge is 0.338 e. The van der Waals surface area contributed by atoms with E-state index in [2.05, 4.69) is 32.2 Å². The van der Waals surface area contributed by atoms with Gasteiger partial charge in [-0.15, -0.1) is 0 Å². The van der Waals surface area contributed by atoms with E-state index in [1.807, 2.05) is 30.4 Å². The van der Waals surface area contributed by atoms with Crippen LogP contribution in [0.3, 0.4) is 0 Å². The van der Waals surface area contributed by atoms with Gasteiger partial charge in [0.25, 0.3) is 0 Å². The van der Waals surface area contributed by atoms with Crippen LogP contribution in [0.1, 0.15) is 32.1 Å². The van der Waals surface area contributed by atoms with Crippen LogP contribution < -0.4 is 0 Å². The number of aromatic amines is 1. The molecule has 158 valence electrons. The molecule has 0 saturated carbocycles. The largest absolute Gasteiger partial charge is 0.497 e. The van der Waals surface area contributed by atoms with E-state index >= 15 is 0 Å². The van der Waals surface area contributed by atoms with E-state index in [0.29, 0.717) is 17.1 Å². The molecule has 0 saturated heterocycles. The number of hydrogen-bond acceptors (Lipinski definition) is 6. The van der Waals surface area contributed by atoms with Crippen molar-refractivity contribution in [2.75, 3.05) is 0 Å². The Morgan fingerprint density at radius 3 is 1.94 bits per heavy atom. The van der Waals surface area contributed by atoms with Crippen LogP contribution in [0, 0.1) is 0 Å². The van der Waals surface area contributed by atoms with E-state index in [-0.39, 0.29) is 11.4 Å². The van der Waals surface area contributed by atoms with E-state index in [1.54, 1.807) is 24.4 Å². The van der Waals surface area contributed by atoms with Crippen LogP contribution in [0.5, 0.6) is 0 Å². The molecule has 0 amide bonds. The lowest BCUT2D eigenvalue weighted by atomic mass is 10.1. The first-order valence-corrected chi connectivity index (χ1v) is 9.58. The molecular weight excluding hydrogens is 432 g/mol. The normalized spacial score (nSPS) is 20.1. The predicted octanol–water partition coefficient (Wildman–Crippen LogP) is 3.42. The third-order valence-electron chi connectivity index (χ3n) is 4.50. The first-order chi connectivity index (χ1) is 15.3. The highest BCUT2D eigenvalue weighted by Crippen LogP contribution is 2.25. The minimum absolute atomic E-state index is 0.0449. The fourth-order valence-corrected chi connectivity index (χ4v) is 3.34. The van der Waals surface area contributed by atoms with Crippen molar-refractivity contribution < 1.29 is 24.9 Å². The van der Waals surface area contributed by atoms with Crippen LogP contribution in [-0.2, 0) is 0 Å². The number of nitrogens with zero attached hydrogens (tertiary/aromatic N) is 3. The maximum atomic E-state index is 11.7. The topological polar surface area (TPSA) is 148 Å². The number of aliphatic hydroxyl groups excluding tert-OH is 1. The highest BCUT2D eigenvalue weighted by molar-refractivity contribution is 7.80. The molecular formula is C22H14N4O5S. The van der Waals surface area contributed by atoms with Gasteiger partial charge in [0.15, 0.2) is 0 Å². The van der Waals surface area contributed by atoms with E-state index in [1.165, 1.54) is 6.08 Å². The summed E-state index contributed by atoms with van der Waals surface area (Å²) >= 11 is 4.63. The number of thiocarbonyl (C=S) groups is 1. The Labute approximate surface area is 186 Å². The third kappa shape index (κ3) is 4.20. The number of aromatic nitrogens is 1. The van der Waals surface area contributed by atoms with Crippen molar-refractivity contribution in [2.45, 2.75) is 0 Å². The number of nitrogens with one attached hydrogen (secondary N) is 1. The molecule has 4 N–H and O–H groups in total. The van der Waals surface area contributed by atoms with E-state index in [0.717, 1.165) is 11.4 Å². The Morgan fingerprint density at radius 1 is 0.812 bits per heavy atom. The van der Waals surface area contributed by atoms with Gasteiger partial charge in [0.05, 0.1) is 39.8 Å². The van der Waals surface area contributed by atoms with E-state index in [4.69, 9.17) is 0 Å². The third-order valence-corrected chi connectivity index (χ3v) is 4.70. The fourth-order valence-electron chi connectivity index (χ4n) is 3.18. The van der Waals surface area contributed by atoms with Gasteiger partial charge in [-0.1, -0.05) is 0 Å². The predicted molar refractivity (Wildman–Crippen MR) is 124 cm³/mol. The summed E-state index contributed by atoms with van der Waals surface area (Å²) in [4.78, 5) is 38.8. The maximum Gasteiger partial charge on any atom is 0.338 e. The Balaban J connectivity index is 1.63. The minimum atomic E-state index is -1.53. The molecule has 0 fully saturated rings. The van der Waals surface area contributed by atoms with Crippen LogP contribution in [0.25, 0.3) is 6.08 Å². The lowest BCUT2D eigenvalue weighted by Gasteiger charge is -1.97. The summed E-state index contributed by atoms with van der Waals surface area (Å²) in [7, 11) is 0. The van der Waals surface area contributed by atoms with Crippen LogP contribution in [0.15, 0.2) is 80.7 Å². The molecule has 0 spiro atoms. The molecule has 4 heterocycles. The van der Waals surface area contributed by atoms with Crippen molar-refractivity contribution in [2.24, 2.45) is 15.0 Å². The van der Waals surface area contributed by atoms with E-state index < -0.39 is 28.1 Å². The van der Waals surface area contributed by atoms with Gasteiger partial charge < -0.3 is 20.3 Å². The second kappa shape index (κ2) is 8.36. The lowest BCUT2D eigenvalue weighted by Crippen LogP contribution is -2.10. The molecule has 4 rings (SSSR count). The van der Waals surface area contributed by atoms with Gasteiger partial charge in [-0.3, -0.25) is 4.99 Å². The van der Waals surface area contributed by atoms with Crippen molar-refractivity contribution in [3.8, 4) is 0 Å². The summed E-state index contributed by atoms with van der Waals surface area (Å²) in [5, 5.41) is 27.7. The number of aliphatic imine (C=N–C) groups is 3. The number of carboxylic acids is 2. The second-order valence-electron chi connectivity index (χ2n) is 6.66. The average Bonchev–Trinajstić information content (AvgIpc) is 3.50. The van der Waals surface area contributed by atoms with Gasteiger partial charge >= 0.3 is 11.9 Å². The van der Waals surface area contributed by atoms with Crippen LogP contribution in [0.4, 0.5) is 0 Å². The molecule has 0 atom stereocenters. The molecule has 0 aliphatic carbocycles. The fraction of sp³-hybridized carbons (Fsp3) is 0. The van der Waals surface area contributed by atoms with Crippen LogP contribution in [-0.4, -0.2) is 54.9 Å². The zero-order valence-corrected chi connectivity index (χ0v) is 17.0. The number of aliphatic hydroxyl groups is 1. The first kappa shape index (κ1) is 20.8. The quantitative estimate of drug-likeness (QED) is 0.492.